The first-order valence-electron chi connectivity index (χ1n) is 9.12. The minimum Gasteiger partial charge on any atom is -0.490 e. The lowest BCUT2D eigenvalue weighted by Gasteiger charge is -2.11. The van der Waals surface area contributed by atoms with Crippen LogP contribution in [0.25, 0.3) is 22.6 Å². The minimum atomic E-state index is 0.00591. The lowest BCUT2D eigenvalue weighted by molar-refractivity contribution is 0.242. The summed E-state index contributed by atoms with van der Waals surface area (Å²) in [5.41, 5.74) is 11.8. The quantitative estimate of drug-likeness (QED) is 0.735. The monoisotopic (exact) mass is 359 g/mol. The van der Waals surface area contributed by atoms with E-state index < -0.39 is 0 Å². The van der Waals surface area contributed by atoms with Crippen LogP contribution in [-0.2, 0) is 6.42 Å². The summed E-state index contributed by atoms with van der Waals surface area (Å²) in [5, 5.41) is 13.7. The van der Waals surface area contributed by atoms with E-state index in [0.29, 0.717) is 17.1 Å². The first-order valence-corrected chi connectivity index (χ1v) is 9.12. The molecule has 0 radical (unpaired) electrons. The maximum Gasteiger partial charge on any atom is 0.167 e. The molecule has 27 heavy (non-hydrogen) atoms. The molecule has 1 atom stereocenters. The molecule has 136 valence electrons. The number of ether oxygens (including phenoxy) is 1. The molecule has 3 aromatic rings. The third-order valence-corrected chi connectivity index (χ3v) is 4.85. The summed E-state index contributed by atoms with van der Waals surface area (Å²) in [6.45, 7) is 3.87. The number of nitrogens with two attached hydrogens (primary N) is 1. The molecule has 0 saturated carbocycles. The molecule has 0 bridgehead atoms. The van der Waals surface area contributed by atoms with Gasteiger partial charge in [0.15, 0.2) is 5.76 Å². The van der Waals surface area contributed by atoms with Gasteiger partial charge in [-0.2, -0.15) is 5.26 Å². The Morgan fingerprint density at radius 3 is 2.89 bits per heavy atom. The van der Waals surface area contributed by atoms with E-state index in [1.165, 1.54) is 11.1 Å². The van der Waals surface area contributed by atoms with Crippen molar-refractivity contribution in [2.75, 3.05) is 0 Å². The number of nitriles is 1. The summed E-state index contributed by atoms with van der Waals surface area (Å²) >= 11 is 0. The third kappa shape index (κ3) is 3.20. The lowest BCUT2D eigenvalue weighted by atomic mass is 9.99. The summed E-state index contributed by atoms with van der Waals surface area (Å²) in [5.74, 6) is 1.20. The van der Waals surface area contributed by atoms with Gasteiger partial charge in [0.1, 0.15) is 17.5 Å². The smallest absolute Gasteiger partial charge is 0.167 e. The van der Waals surface area contributed by atoms with Crippen molar-refractivity contribution in [2.24, 2.45) is 5.73 Å². The molecule has 1 aromatic heterocycles. The van der Waals surface area contributed by atoms with Crippen molar-refractivity contribution in [1.82, 2.24) is 5.16 Å². The van der Waals surface area contributed by atoms with Gasteiger partial charge in [-0.05, 0) is 56.0 Å². The average molecular weight is 359 g/mol. The average Bonchev–Trinajstić information content (AvgIpc) is 3.29. The highest BCUT2D eigenvalue weighted by molar-refractivity contribution is 5.72. The van der Waals surface area contributed by atoms with E-state index in [2.05, 4.69) is 23.4 Å². The van der Waals surface area contributed by atoms with E-state index in [0.717, 1.165) is 29.7 Å². The SMILES string of the molecule is CC(C)Oc1ccc(-c2cc(-c3cccc4c3CC[C@H]4N)no2)cc1C#N. The van der Waals surface area contributed by atoms with Crippen LogP contribution in [0.3, 0.4) is 0 Å². The molecule has 5 heteroatoms. The largest absolute Gasteiger partial charge is 0.490 e. The Kier molecular flexibility index (Phi) is 4.43. The second kappa shape index (κ2) is 6.90. The standard InChI is InChI=1S/C22H21N3O2/c1-13(2)26-21-9-6-14(10-15(21)12-23)22-11-20(25-27-22)18-5-3-4-17-16(18)7-8-19(17)24/h3-6,9-11,13,19H,7-8,24H2,1-2H3/t19-/m1/s1. The summed E-state index contributed by atoms with van der Waals surface area (Å²) < 4.78 is 11.3. The van der Waals surface area contributed by atoms with E-state index in [1.54, 1.807) is 12.1 Å². The van der Waals surface area contributed by atoms with Crippen LogP contribution in [0.4, 0.5) is 0 Å². The molecule has 1 aliphatic rings. The molecule has 4 rings (SSSR count). The fourth-order valence-electron chi connectivity index (χ4n) is 3.59. The summed E-state index contributed by atoms with van der Waals surface area (Å²) in [7, 11) is 0. The van der Waals surface area contributed by atoms with Crippen LogP contribution in [0.5, 0.6) is 5.75 Å². The van der Waals surface area contributed by atoms with Crippen molar-refractivity contribution in [1.29, 1.82) is 5.26 Å². The van der Waals surface area contributed by atoms with Crippen LogP contribution in [-0.4, -0.2) is 11.3 Å². The molecule has 0 fully saturated rings. The highest BCUT2D eigenvalue weighted by Gasteiger charge is 2.23. The number of fused-ring (bicyclic) bond motifs is 1. The van der Waals surface area contributed by atoms with Gasteiger partial charge in [-0.25, -0.2) is 0 Å². The normalized spacial score (nSPS) is 15.6. The Bertz CT molecular complexity index is 1030. The minimum absolute atomic E-state index is 0.00591. The van der Waals surface area contributed by atoms with Crippen LogP contribution >= 0.6 is 0 Å². The van der Waals surface area contributed by atoms with Crippen molar-refractivity contribution in [3.05, 3.63) is 59.2 Å². The molecule has 1 aliphatic carbocycles. The molecular weight excluding hydrogens is 338 g/mol. The lowest BCUT2D eigenvalue weighted by Crippen LogP contribution is -2.06. The fraction of sp³-hybridized carbons (Fsp3) is 0.273. The van der Waals surface area contributed by atoms with E-state index in [-0.39, 0.29) is 12.1 Å². The van der Waals surface area contributed by atoms with E-state index in [1.807, 2.05) is 32.0 Å². The van der Waals surface area contributed by atoms with Crippen LogP contribution in [0.1, 0.15) is 43.0 Å². The number of aromatic nitrogens is 1. The topological polar surface area (TPSA) is 85.1 Å². The van der Waals surface area contributed by atoms with Crippen molar-refractivity contribution < 1.29 is 9.26 Å². The van der Waals surface area contributed by atoms with E-state index >= 15 is 0 Å². The summed E-state index contributed by atoms with van der Waals surface area (Å²) in [6, 6.07) is 15.8. The molecule has 0 unspecified atom stereocenters. The van der Waals surface area contributed by atoms with Crippen LogP contribution in [0, 0.1) is 11.3 Å². The second-order valence-electron chi connectivity index (χ2n) is 7.08. The number of nitrogens with zero attached hydrogens (tertiary/aromatic N) is 2. The zero-order chi connectivity index (χ0) is 19.0. The molecule has 5 nitrogen and oxygen atoms in total. The van der Waals surface area contributed by atoms with Gasteiger partial charge >= 0.3 is 0 Å². The fourth-order valence-corrected chi connectivity index (χ4v) is 3.59. The highest BCUT2D eigenvalue weighted by Crippen LogP contribution is 2.37. The number of hydrogen-bond acceptors (Lipinski definition) is 5. The molecular formula is C22H21N3O2. The van der Waals surface area contributed by atoms with Gasteiger partial charge < -0.3 is 15.0 Å². The maximum atomic E-state index is 9.43. The van der Waals surface area contributed by atoms with Crippen molar-refractivity contribution in [3.63, 3.8) is 0 Å². The van der Waals surface area contributed by atoms with Gasteiger partial charge in [-0.3, -0.25) is 0 Å². The first-order chi connectivity index (χ1) is 13.1. The maximum absolute atomic E-state index is 9.43. The molecule has 0 spiro atoms. The van der Waals surface area contributed by atoms with Gasteiger partial charge in [-0.1, -0.05) is 23.4 Å². The second-order valence-corrected chi connectivity index (χ2v) is 7.08. The molecule has 2 aromatic carbocycles. The van der Waals surface area contributed by atoms with Gasteiger partial charge in [0, 0.05) is 23.2 Å². The van der Waals surface area contributed by atoms with Crippen molar-refractivity contribution in [2.45, 2.75) is 38.8 Å². The highest BCUT2D eigenvalue weighted by atomic mass is 16.5. The zero-order valence-corrected chi connectivity index (χ0v) is 15.4. The molecule has 1 heterocycles. The Labute approximate surface area is 158 Å². The van der Waals surface area contributed by atoms with Gasteiger partial charge in [0.25, 0.3) is 0 Å². The number of benzene rings is 2. The molecule has 0 saturated heterocycles. The molecule has 2 N–H and O–H groups in total. The van der Waals surface area contributed by atoms with Gasteiger partial charge in [0.2, 0.25) is 0 Å². The van der Waals surface area contributed by atoms with Crippen LogP contribution in [0.2, 0.25) is 0 Å². The molecule has 0 amide bonds. The van der Waals surface area contributed by atoms with Gasteiger partial charge in [-0.15, -0.1) is 0 Å². The molecule has 0 aliphatic heterocycles. The Morgan fingerprint density at radius 1 is 1.26 bits per heavy atom. The predicted octanol–water partition coefficient (Wildman–Crippen LogP) is 4.61. The first kappa shape index (κ1) is 17.3. The summed E-state index contributed by atoms with van der Waals surface area (Å²) in [6.07, 6.45) is 1.92. The van der Waals surface area contributed by atoms with E-state index in [4.69, 9.17) is 15.0 Å². The zero-order valence-electron chi connectivity index (χ0n) is 15.4. The Morgan fingerprint density at radius 2 is 2.11 bits per heavy atom. The number of hydrogen-bond donors (Lipinski definition) is 1. The summed E-state index contributed by atoms with van der Waals surface area (Å²) in [4.78, 5) is 0. The van der Waals surface area contributed by atoms with Crippen molar-refractivity contribution in [3.8, 4) is 34.4 Å². The van der Waals surface area contributed by atoms with Crippen LogP contribution < -0.4 is 10.5 Å². The van der Waals surface area contributed by atoms with Crippen molar-refractivity contribution >= 4 is 0 Å². The van der Waals surface area contributed by atoms with Gasteiger partial charge in [0.05, 0.1) is 11.7 Å². The third-order valence-electron chi connectivity index (χ3n) is 4.85. The Balaban J connectivity index is 1.69. The predicted molar refractivity (Wildman–Crippen MR) is 103 cm³/mol. The van der Waals surface area contributed by atoms with Crippen LogP contribution in [0.15, 0.2) is 47.0 Å². The number of rotatable bonds is 4. The van der Waals surface area contributed by atoms with E-state index in [9.17, 15) is 5.26 Å². The Hall–Kier alpha value is -3.10.